The van der Waals surface area contributed by atoms with E-state index in [2.05, 4.69) is 0 Å². The number of hydrogen-bond acceptors (Lipinski definition) is 3. The SMILES string of the molecule is NC(=O)c1cn([C@@H]2CCOC[C@H]2O)c2ccccc12. The molecule has 5 heteroatoms. The smallest absolute Gasteiger partial charge is 0.250 e. The highest BCUT2D eigenvalue weighted by Crippen LogP contribution is 2.29. The van der Waals surface area contributed by atoms with Crippen molar-refractivity contribution in [3.8, 4) is 0 Å². The number of amides is 1. The number of aliphatic hydroxyl groups is 1. The first-order chi connectivity index (χ1) is 9.18. The zero-order valence-electron chi connectivity index (χ0n) is 10.5. The van der Waals surface area contributed by atoms with E-state index in [-0.39, 0.29) is 6.04 Å². The summed E-state index contributed by atoms with van der Waals surface area (Å²) in [6.45, 7) is 0.934. The highest BCUT2D eigenvalue weighted by molar-refractivity contribution is 6.06. The van der Waals surface area contributed by atoms with Crippen LogP contribution >= 0.6 is 0 Å². The van der Waals surface area contributed by atoms with E-state index in [1.807, 2.05) is 28.8 Å². The van der Waals surface area contributed by atoms with Crippen LogP contribution in [0.5, 0.6) is 0 Å². The number of nitrogens with zero attached hydrogens (tertiary/aromatic N) is 1. The Bertz CT molecular complexity index is 620. The highest BCUT2D eigenvalue weighted by atomic mass is 16.5. The Morgan fingerprint density at radius 2 is 2.21 bits per heavy atom. The van der Waals surface area contributed by atoms with Crippen LogP contribution in [-0.2, 0) is 4.74 Å². The van der Waals surface area contributed by atoms with Crippen LogP contribution < -0.4 is 5.73 Å². The van der Waals surface area contributed by atoms with E-state index in [0.717, 1.165) is 17.3 Å². The number of fused-ring (bicyclic) bond motifs is 1. The summed E-state index contributed by atoms with van der Waals surface area (Å²) in [5.41, 5.74) is 6.83. The molecule has 5 nitrogen and oxygen atoms in total. The molecule has 1 aliphatic heterocycles. The Balaban J connectivity index is 2.15. The van der Waals surface area contributed by atoms with Gasteiger partial charge in [0.25, 0.3) is 5.91 Å². The zero-order chi connectivity index (χ0) is 13.4. The van der Waals surface area contributed by atoms with Crippen LogP contribution in [0.1, 0.15) is 22.8 Å². The lowest BCUT2D eigenvalue weighted by Gasteiger charge is -2.29. The summed E-state index contributed by atoms with van der Waals surface area (Å²) in [5, 5.41) is 10.9. The Morgan fingerprint density at radius 3 is 2.95 bits per heavy atom. The molecule has 0 spiro atoms. The molecule has 100 valence electrons. The fourth-order valence-electron chi connectivity index (χ4n) is 2.71. The van der Waals surface area contributed by atoms with Gasteiger partial charge in [0.2, 0.25) is 0 Å². The molecule has 19 heavy (non-hydrogen) atoms. The molecule has 0 radical (unpaired) electrons. The zero-order valence-corrected chi connectivity index (χ0v) is 10.5. The Hall–Kier alpha value is -1.85. The number of primary amides is 1. The van der Waals surface area contributed by atoms with Gasteiger partial charge in [0.05, 0.1) is 24.3 Å². The molecule has 0 saturated carbocycles. The average molecular weight is 260 g/mol. The van der Waals surface area contributed by atoms with Crippen LogP contribution in [0.3, 0.4) is 0 Å². The second-order valence-electron chi connectivity index (χ2n) is 4.83. The monoisotopic (exact) mass is 260 g/mol. The number of carbonyl (C=O) groups excluding carboxylic acids is 1. The molecule has 3 rings (SSSR count). The van der Waals surface area contributed by atoms with Gasteiger partial charge in [-0.2, -0.15) is 0 Å². The summed E-state index contributed by atoms with van der Waals surface area (Å²) in [5.74, 6) is -0.448. The van der Waals surface area contributed by atoms with Crippen LogP contribution in [0.2, 0.25) is 0 Å². The van der Waals surface area contributed by atoms with E-state index in [0.29, 0.717) is 18.8 Å². The number of hydrogen-bond donors (Lipinski definition) is 2. The van der Waals surface area contributed by atoms with Crippen molar-refractivity contribution in [2.75, 3.05) is 13.2 Å². The van der Waals surface area contributed by atoms with Crippen LogP contribution in [-0.4, -0.2) is 34.9 Å². The number of benzene rings is 1. The molecule has 1 saturated heterocycles. The van der Waals surface area contributed by atoms with Crippen LogP contribution in [0.15, 0.2) is 30.5 Å². The van der Waals surface area contributed by atoms with Gasteiger partial charge in [-0.15, -0.1) is 0 Å². The van der Waals surface area contributed by atoms with Crippen molar-refractivity contribution in [1.29, 1.82) is 0 Å². The summed E-state index contributed by atoms with van der Waals surface area (Å²) < 4.78 is 7.19. The number of rotatable bonds is 2. The quantitative estimate of drug-likeness (QED) is 0.847. The molecular formula is C14H16N2O3. The van der Waals surface area contributed by atoms with Crippen molar-refractivity contribution in [3.63, 3.8) is 0 Å². The fourth-order valence-corrected chi connectivity index (χ4v) is 2.71. The molecule has 3 N–H and O–H groups in total. The van der Waals surface area contributed by atoms with E-state index in [1.54, 1.807) is 6.20 Å². The van der Waals surface area contributed by atoms with Gasteiger partial charge in [-0.25, -0.2) is 0 Å². The van der Waals surface area contributed by atoms with E-state index in [4.69, 9.17) is 10.5 Å². The minimum Gasteiger partial charge on any atom is -0.389 e. The molecule has 0 aliphatic carbocycles. The summed E-state index contributed by atoms with van der Waals surface area (Å²) in [6, 6.07) is 7.52. The summed E-state index contributed by atoms with van der Waals surface area (Å²) in [4.78, 5) is 11.5. The second-order valence-corrected chi connectivity index (χ2v) is 4.83. The first-order valence-corrected chi connectivity index (χ1v) is 6.33. The van der Waals surface area contributed by atoms with Crippen molar-refractivity contribution < 1.29 is 14.6 Å². The topological polar surface area (TPSA) is 77.5 Å². The van der Waals surface area contributed by atoms with E-state index >= 15 is 0 Å². The Kier molecular flexibility index (Phi) is 3.00. The third-order valence-corrected chi connectivity index (χ3v) is 3.65. The minimum absolute atomic E-state index is 0.0771. The van der Waals surface area contributed by atoms with Crippen LogP contribution in [0.25, 0.3) is 10.9 Å². The first kappa shape index (κ1) is 12.2. The van der Waals surface area contributed by atoms with Gasteiger partial charge in [-0.05, 0) is 12.5 Å². The lowest BCUT2D eigenvalue weighted by molar-refractivity contribution is -0.0374. The molecule has 1 fully saturated rings. The maximum atomic E-state index is 11.5. The summed E-state index contributed by atoms with van der Waals surface area (Å²) in [7, 11) is 0. The molecule has 1 aliphatic rings. The average Bonchev–Trinajstić information content (AvgIpc) is 2.79. The minimum atomic E-state index is -0.565. The Labute approximate surface area is 110 Å². The van der Waals surface area contributed by atoms with E-state index < -0.39 is 12.0 Å². The number of ether oxygens (including phenoxy) is 1. The van der Waals surface area contributed by atoms with Crippen molar-refractivity contribution in [2.45, 2.75) is 18.6 Å². The largest absolute Gasteiger partial charge is 0.389 e. The molecule has 1 aromatic heterocycles. The number of aliphatic hydroxyl groups excluding tert-OH is 1. The lowest BCUT2D eigenvalue weighted by atomic mass is 10.1. The van der Waals surface area contributed by atoms with Gasteiger partial charge >= 0.3 is 0 Å². The van der Waals surface area contributed by atoms with Gasteiger partial charge in [0, 0.05) is 23.7 Å². The van der Waals surface area contributed by atoms with Gasteiger partial charge in [-0.1, -0.05) is 18.2 Å². The normalized spacial score (nSPS) is 23.6. The number of nitrogens with two attached hydrogens (primary N) is 1. The van der Waals surface area contributed by atoms with Crippen molar-refractivity contribution in [1.82, 2.24) is 4.57 Å². The van der Waals surface area contributed by atoms with Gasteiger partial charge in [-0.3, -0.25) is 4.79 Å². The van der Waals surface area contributed by atoms with E-state index in [9.17, 15) is 9.90 Å². The molecule has 0 unspecified atom stereocenters. The molecule has 2 aromatic rings. The van der Waals surface area contributed by atoms with Crippen LogP contribution in [0.4, 0.5) is 0 Å². The van der Waals surface area contributed by atoms with Gasteiger partial charge in [0.1, 0.15) is 0 Å². The third kappa shape index (κ3) is 2.01. The maximum Gasteiger partial charge on any atom is 0.250 e. The third-order valence-electron chi connectivity index (χ3n) is 3.65. The molecule has 2 heterocycles. The maximum absolute atomic E-state index is 11.5. The molecular weight excluding hydrogens is 244 g/mol. The predicted molar refractivity (Wildman–Crippen MR) is 70.9 cm³/mol. The first-order valence-electron chi connectivity index (χ1n) is 6.33. The lowest BCUT2D eigenvalue weighted by Crippen LogP contribution is -2.33. The second kappa shape index (κ2) is 4.68. The molecule has 1 amide bonds. The summed E-state index contributed by atoms with van der Waals surface area (Å²) in [6.07, 6.45) is 1.90. The number of carbonyl (C=O) groups is 1. The van der Waals surface area contributed by atoms with E-state index in [1.165, 1.54) is 0 Å². The Morgan fingerprint density at radius 1 is 1.42 bits per heavy atom. The molecule has 1 aromatic carbocycles. The fraction of sp³-hybridized carbons (Fsp3) is 0.357. The highest BCUT2D eigenvalue weighted by Gasteiger charge is 2.27. The number of aromatic nitrogens is 1. The van der Waals surface area contributed by atoms with Crippen molar-refractivity contribution in [2.24, 2.45) is 5.73 Å². The van der Waals surface area contributed by atoms with Crippen molar-refractivity contribution in [3.05, 3.63) is 36.0 Å². The summed E-state index contributed by atoms with van der Waals surface area (Å²) >= 11 is 0. The van der Waals surface area contributed by atoms with Gasteiger partial charge < -0.3 is 20.1 Å². The standard InChI is InChI=1S/C14H16N2O3/c15-14(18)10-7-16(11-4-2-1-3-9(10)11)12-5-6-19-8-13(12)17/h1-4,7,12-13,17H,5-6,8H2,(H2,15,18)/t12-,13-/m1/s1. The number of para-hydroxylation sites is 1. The molecule has 0 bridgehead atoms. The van der Waals surface area contributed by atoms with Gasteiger partial charge in [0.15, 0.2) is 0 Å². The molecule has 2 atom stereocenters. The van der Waals surface area contributed by atoms with Crippen molar-refractivity contribution >= 4 is 16.8 Å². The predicted octanol–water partition coefficient (Wildman–Crippen LogP) is 1.06. The van der Waals surface area contributed by atoms with Crippen LogP contribution in [0, 0.1) is 0 Å².